The first-order valence-corrected chi connectivity index (χ1v) is 14.1. The number of carbonyl (C=O) groups excluding carboxylic acids is 1. The summed E-state index contributed by atoms with van der Waals surface area (Å²) in [4.78, 5) is 21.7. The Morgan fingerprint density at radius 2 is 1.82 bits per heavy atom. The normalized spacial score (nSPS) is 19.3. The van der Waals surface area contributed by atoms with E-state index in [1.807, 2.05) is 23.1 Å². The SMILES string of the molecule is Cc1noc(/C=C/c2ccccc2F)c1S(=O)(=O)N1CCC[C@H](C(=O)N2CCN(c3ccccn3)CC2)C1. The van der Waals surface area contributed by atoms with Gasteiger partial charge in [-0.25, -0.2) is 17.8 Å². The molecule has 5 rings (SSSR count). The molecule has 2 aliphatic rings. The molecule has 38 heavy (non-hydrogen) atoms. The van der Waals surface area contributed by atoms with Crippen LogP contribution in [0.3, 0.4) is 0 Å². The second-order valence-corrected chi connectivity index (χ2v) is 11.4. The molecule has 0 aliphatic carbocycles. The number of hydrogen-bond donors (Lipinski definition) is 0. The Morgan fingerprint density at radius 1 is 1.05 bits per heavy atom. The number of carbonyl (C=O) groups is 1. The minimum atomic E-state index is -3.99. The number of halogens is 1. The minimum absolute atomic E-state index is 0.0210. The van der Waals surface area contributed by atoms with Crippen molar-refractivity contribution in [2.45, 2.75) is 24.7 Å². The summed E-state index contributed by atoms with van der Waals surface area (Å²) in [7, 11) is -3.99. The molecule has 1 atom stereocenters. The van der Waals surface area contributed by atoms with Gasteiger partial charge in [-0.15, -0.1) is 0 Å². The van der Waals surface area contributed by atoms with E-state index in [0.717, 1.165) is 5.82 Å². The maximum atomic E-state index is 14.0. The minimum Gasteiger partial charge on any atom is -0.355 e. The van der Waals surface area contributed by atoms with Crippen molar-refractivity contribution in [1.29, 1.82) is 0 Å². The lowest BCUT2D eigenvalue weighted by atomic mass is 9.98. The van der Waals surface area contributed by atoms with Crippen LogP contribution in [0.4, 0.5) is 10.2 Å². The van der Waals surface area contributed by atoms with Crippen molar-refractivity contribution in [3.05, 3.63) is 71.5 Å². The highest BCUT2D eigenvalue weighted by Crippen LogP contribution is 2.30. The Labute approximate surface area is 221 Å². The molecule has 4 heterocycles. The van der Waals surface area contributed by atoms with Crippen LogP contribution in [-0.2, 0) is 14.8 Å². The third-order valence-corrected chi connectivity index (χ3v) is 9.07. The van der Waals surface area contributed by atoms with E-state index < -0.39 is 21.8 Å². The average Bonchev–Trinajstić information content (AvgIpc) is 3.33. The van der Waals surface area contributed by atoms with Crippen LogP contribution in [0.15, 0.2) is 58.1 Å². The molecule has 200 valence electrons. The van der Waals surface area contributed by atoms with Gasteiger partial charge in [0.1, 0.15) is 17.3 Å². The van der Waals surface area contributed by atoms with E-state index in [2.05, 4.69) is 15.0 Å². The number of aryl methyl sites for hydroxylation is 1. The number of benzene rings is 1. The van der Waals surface area contributed by atoms with Gasteiger partial charge >= 0.3 is 0 Å². The molecule has 0 bridgehead atoms. The van der Waals surface area contributed by atoms with Gasteiger partial charge in [0, 0.05) is 51.0 Å². The fraction of sp³-hybridized carbons (Fsp3) is 0.370. The second-order valence-electron chi connectivity index (χ2n) is 9.52. The Morgan fingerprint density at radius 3 is 2.55 bits per heavy atom. The van der Waals surface area contributed by atoms with Gasteiger partial charge < -0.3 is 14.3 Å². The number of amides is 1. The van der Waals surface area contributed by atoms with Crippen molar-refractivity contribution in [3.63, 3.8) is 0 Å². The summed E-state index contributed by atoms with van der Waals surface area (Å²) in [6.45, 7) is 4.45. The van der Waals surface area contributed by atoms with Gasteiger partial charge in [0.2, 0.25) is 15.9 Å². The number of aromatic nitrogens is 2. The molecule has 2 fully saturated rings. The fourth-order valence-electron chi connectivity index (χ4n) is 5.02. The molecule has 2 aliphatic heterocycles. The highest BCUT2D eigenvalue weighted by Gasteiger charge is 2.38. The number of nitrogens with zero attached hydrogens (tertiary/aromatic N) is 5. The zero-order chi connectivity index (χ0) is 26.7. The molecule has 11 heteroatoms. The molecule has 0 N–H and O–H groups in total. The fourth-order valence-corrected chi connectivity index (χ4v) is 6.79. The van der Waals surface area contributed by atoms with Gasteiger partial charge in [0.25, 0.3) is 0 Å². The van der Waals surface area contributed by atoms with Crippen molar-refractivity contribution in [3.8, 4) is 0 Å². The maximum absolute atomic E-state index is 14.0. The Hall–Kier alpha value is -3.57. The van der Waals surface area contributed by atoms with E-state index in [1.165, 1.54) is 22.5 Å². The third kappa shape index (κ3) is 5.34. The van der Waals surface area contributed by atoms with Crippen molar-refractivity contribution in [1.82, 2.24) is 19.3 Å². The summed E-state index contributed by atoms with van der Waals surface area (Å²) < 4.78 is 48.1. The van der Waals surface area contributed by atoms with E-state index >= 15 is 0 Å². The van der Waals surface area contributed by atoms with E-state index in [1.54, 1.807) is 31.3 Å². The molecular weight excluding hydrogens is 509 g/mol. The van der Waals surface area contributed by atoms with Crippen LogP contribution in [0.5, 0.6) is 0 Å². The molecule has 2 aromatic heterocycles. The Bertz CT molecular complexity index is 1420. The van der Waals surface area contributed by atoms with Crippen LogP contribution in [0.25, 0.3) is 12.2 Å². The number of anilines is 1. The van der Waals surface area contributed by atoms with Gasteiger partial charge in [-0.1, -0.05) is 29.4 Å². The zero-order valence-corrected chi connectivity index (χ0v) is 22.0. The van der Waals surface area contributed by atoms with Crippen molar-refractivity contribution in [2.75, 3.05) is 44.2 Å². The zero-order valence-electron chi connectivity index (χ0n) is 21.2. The quantitative estimate of drug-likeness (QED) is 0.473. The molecular formula is C27H30FN5O4S. The van der Waals surface area contributed by atoms with Gasteiger partial charge in [0.15, 0.2) is 10.7 Å². The van der Waals surface area contributed by atoms with Crippen LogP contribution in [0.2, 0.25) is 0 Å². The number of piperazine rings is 1. The van der Waals surface area contributed by atoms with Crippen LogP contribution in [0.1, 0.15) is 29.9 Å². The lowest BCUT2D eigenvalue weighted by molar-refractivity contribution is -0.137. The first kappa shape index (κ1) is 26.1. The van der Waals surface area contributed by atoms with Crippen LogP contribution in [0, 0.1) is 18.7 Å². The van der Waals surface area contributed by atoms with Gasteiger partial charge in [0.05, 0.1) is 5.92 Å². The number of pyridine rings is 1. The highest BCUT2D eigenvalue weighted by molar-refractivity contribution is 7.89. The lowest BCUT2D eigenvalue weighted by Gasteiger charge is -2.39. The van der Waals surface area contributed by atoms with Crippen molar-refractivity contribution in [2.24, 2.45) is 5.92 Å². The smallest absolute Gasteiger partial charge is 0.248 e. The summed E-state index contributed by atoms with van der Waals surface area (Å²) >= 11 is 0. The molecule has 1 amide bonds. The first-order valence-electron chi connectivity index (χ1n) is 12.7. The molecule has 0 saturated carbocycles. The Balaban J connectivity index is 1.28. The van der Waals surface area contributed by atoms with Crippen LogP contribution < -0.4 is 4.90 Å². The molecule has 0 unspecified atom stereocenters. The topological polar surface area (TPSA) is 99.8 Å². The Kier molecular flexibility index (Phi) is 7.57. The summed E-state index contributed by atoms with van der Waals surface area (Å²) in [6, 6.07) is 11.9. The predicted octanol–water partition coefficient (Wildman–Crippen LogP) is 3.44. The van der Waals surface area contributed by atoms with Gasteiger partial charge in [-0.3, -0.25) is 4.79 Å². The van der Waals surface area contributed by atoms with E-state index in [9.17, 15) is 17.6 Å². The van der Waals surface area contributed by atoms with Gasteiger partial charge in [-0.05, 0) is 50.1 Å². The number of rotatable bonds is 6. The molecule has 0 radical (unpaired) electrons. The maximum Gasteiger partial charge on any atom is 0.248 e. The van der Waals surface area contributed by atoms with E-state index in [-0.39, 0.29) is 28.8 Å². The van der Waals surface area contributed by atoms with Crippen LogP contribution in [-0.4, -0.2) is 72.9 Å². The molecule has 9 nitrogen and oxygen atoms in total. The standard InChI is InChI=1S/C27H30FN5O4S/c1-20-26(24(37-30-20)12-11-21-7-2-3-9-23(21)28)38(35,36)33-14-6-8-22(19-33)27(34)32-17-15-31(16-18-32)25-10-4-5-13-29-25/h2-5,7,9-13,22H,6,8,14-19H2,1H3/b12-11+/t22-/m0/s1. The molecule has 2 saturated heterocycles. The molecule has 1 aromatic carbocycles. The van der Waals surface area contributed by atoms with Crippen LogP contribution >= 0.6 is 0 Å². The van der Waals surface area contributed by atoms with E-state index in [4.69, 9.17) is 4.52 Å². The summed E-state index contributed by atoms with van der Waals surface area (Å²) in [5, 5.41) is 3.86. The second kappa shape index (κ2) is 11.0. The molecule has 0 spiro atoms. The summed E-state index contributed by atoms with van der Waals surface area (Å²) in [6.07, 6.45) is 5.84. The third-order valence-electron chi connectivity index (χ3n) is 7.05. The largest absolute Gasteiger partial charge is 0.355 e. The summed E-state index contributed by atoms with van der Waals surface area (Å²) in [5.41, 5.74) is 0.522. The predicted molar refractivity (Wildman–Crippen MR) is 141 cm³/mol. The monoisotopic (exact) mass is 539 g/mol. The lowest BCUT2D eigenvalue weighted by Crippen LogP contribution is -2.53. The average molecular weight is 540 g/mol. The van der Waals surface area contributed by atoms with E-state index in [0.29, 0.717) is 51.1 Å². The number of piperidine rings is 1. The first-order chi connectivity index (χ1) is 18.3. The number of hydrogen-bond acceptors (Lipinski definition) is 7. The van der Waals surface area contributed by atoms with Crippen molar-refractivity contribution < 1.29 is 22.1 Å². The highest BCUT2D eigenvalue weighted by atomic mass is 32.2. The summed E-state index contributed by atoms with van der Waals surface area (Å²) in [5.74, 6) is 0.0516. The molecule has 3 aromatic rings. The van der Waals surface area contributed by atoms with Gasteiger partial charge in [-0.2, -0.15) is 4.31 Å². The van der Waals surface area contributed by atoms with Crippen molar-refractivity contribution >= 4 is 33.9 Å². The number of sulfonamides is 1.